The molecule has 0 aromatic heterocycles. The minimum Gasteiger partial charge on any atom is -0.465 e. The van der Waals surface area contributed by atoms with Crippen molar-refractivity contribution < 1.29 is 14.6 Å². The Morgan fingerprint density at radius 3 is 2.67 bits per heavy atom. The van der Waals surface area contributed by atoms with Gasteiger partial charge in [0.1, 0.15) is 0 Å². The van der Waals surface area contributed by atoms with Crippen molar-refractivity contribution in [3.05, 3.63) is 47.5 Å². The fourth-order valence-electron chi connectivity index (χ4n) is 2.28. The number of methoxy groups -OCH3 is 1. The van der Waals surface area contributed by atoms with E-state index >= 15 is 0 Å². The number of hydrogen-bond acceptors (Lipinski definition) is 3. The summed E-state index contributed by atoms with van der Waals surface area (Å²) in [6.45, 7) is 0. The van der Waals surface area contributed by atoms with Gasteiger partial charge in [-0.1, -0.05) is 24.3 Å². The first-order valence-electron chi connectivity index (χ1n) is 6.25. The van der Waals surface area contributed by atoms with E-state index in [1.54, 1.807) is 24.3 Å². The number of carbonyl (C=O) groups is 1. The maximum Gasteiger partial charge on any atom is 0.337 e. The number of esters is 1. The fourth-order valence-corrected chi connectivity index (χ4v) is 2.28. The van der Waals surface area contributed by atoms with Crippen molar-refractivity contribution in [2.24, 2.45) is 5.92 Å². The molecule has 0 unspecified atom stereocenters. The summed E-state index contributed by atoms with van der Waals surface area (Å²) < 4.78 is 4.64. The van der Waals surface area contributed by atoms with Crippen LogP contribution in [0.1, 0.15) is 41.3 Å². The van der Waals surface area contributed by atoms with Gasteiger partial charge in [-0.2, -0.15) is 0 Å². The number of allylic oxidation sites excluding steroid dienone is 1. The van der Waals surface area contributed by atoms with Crippen molar-refractivity contribution in [1.82, 2.24) is 0 Å². The highest BCUT2D eigenvalue weighted by atomic mass is 16.5. The minimum atomic E-state index is -0.492. The van der Waals surface area contributed by atoms with Crippen LogP contribution in [0.25, 0.3) is 0 Å². The van der Waals surface area contributed by atoms with Crippen LogP contribution in [0.3, 0.4) is 0 Å². The first-order chi connectivity index (χ1) is 8.72. The Bertz CT molecular complexity index is 434. The topological polar surface area (TPSA) is 46.5 Å². The molecule has 1 aromatic rings. The molecule has 1 aliphatic carbocycles. The second kappa shape index (κ2) is 5.83. The highest BCUT2D eigenvalue weighted by Gasteiger charge is 2.20. The summed E-state index contributed by atoms with van der Waals surface area (Å²) in [5.41, 5.74) is 1.35. The van der Waals surface area contributed by atoms with Gasteiger partial charge in [0.25, 0.3) is 0 Å². The number of aliphatic hydroxyl groups excluding tert-OH is 1. The Hall–Kier alpha value is -1.61. The van der Waals surface area contributed by atoms with Gasteiger partial charge in [0, 0.05) is 5.92 Å². The summed E-state index contributed by atoms with van der Waals surface area (Å²) in [6, 6.07) is 6.96. The molecule has 0 bridgehead atoms. The van der Waals surface area contributed by atoms with Crippen molar-refractivity contribution in [3.8, 4) is 0 Å². The molecule has 0 radical (unpaired) electrons. The number of ether oxygens (including phenoxy) is 1. The van der Waals surface area contributed by atoms with E-state index in [-0.39, 0.29) is 11.9 Å². The zero-order chi connectivity index (χ0) is 13.0. The van der Waals surface area contributed by atoms with Crippen molar-refractivity contribution in [2.45, 2.75) is 25.4 Å². The van der Waals surface area contributed by atoms with Crippen LogP contribution >= 0.6 is 0 Å². The fraction of sp³-hybridized carbons (Fsp3) is 0.400. The van der Waals surface area contributed by atoms with E-state index in [4.69, 9.17) is 0 Å². The Morgan fingerprint density at radius 1 is 1.39 bits per heavy atom. The van der Waals surface area contributed by atoms with Crippen molar-refractivity contribution >= 4 is 5.97 Å². The second-order valence-electron chi connectivity index (χ2n) is 4.58. The molecule has 3 heteroatoms. The standard InChI is InChI=1S/C15H18O3/c1-18-15(17)13-9-7-12(8-10-13)14(16)11-5-3-2-4-6-11/h3,5,7-11,14,16H,2,4,6H2,1H3/t11-,14-/m0/s1. The van der Waals surface area contributed by atoms with Crippen LogP contribution in [0.15, 0.2) is 36.4 Å². The zero-order valence-electron chi connectivity index (χ0n) is 10.5. The normalized spacial score (nSPS) is 20.4. The maximum absolute atomic E-state index is 11.3. The molecule has 3 nitrogen and oxygen atoms in total. The third kappa shape index (κ3) is 2.79. The number of hydrogen-bond donors (Lipinski definition) is 1. The predicted molar refractivity (Wildman–Crippen MR) is 69.2 cm³/mol. The average molecular weight is 246 g/mol. The van der Waals surface area contributed by atoms with Gasteiger partial charge in [-0.25, -0.2) is 4.79 Å². The summed E-state index contributed by atoms with van der Waals surface area (Å²) in [7, 11) is 1.36. The number of carbonyl (C=O) groups excluding carboxylic acids is 1. The van der Waals surface area contributed by atoms with Gasteiger partial charge < -0.3 is 9.84 Å². The number of aliphatic hydroxyl groups is 1. The smallest absolute Gasteiger partial charge is 0.337 e. The molecule has 0 saturated carbocycles. The van der Waals surface area contributed by atoms with Crippen molar-refractivity contribution in [3.63, 3.8) is 0 Å². The molecule has 0 aliphatic heterocycles. The van der Waals surface area contributed by atoms with Crippen molar-refractivity contribution in [2.75, 3.05) is 7.11 Å². The lowest BCUT2D eigenvalue weighted by Crippen LogP contribution is -2.12. The van der Waals surface area contributed by atoms with Gasteiger partial charge in [-0.3, -0.25) is 0 Å². The van der Waals surface area contributed by atoms with Gasteiger partial charge in [0.2, 0.25) is 0 Å². The molecule has 18 heavy (non-hydrogen) atoms. The summed E-state index contributed by atoms with van der Waals surface area (Å²) in [5, 5.41) is 10.3. The van der Waals surface area contributed by atoms with Crippen molar-refractivity contribution in [1.29, 1.82) is 0 Å². The quantitative estimate of drug-likeness (QED) is 0.659. The molecule has 96 valence electrons. The molecule has 2 rings (SSSR count). The van der Waals surface area contributed by atoms with Crippen LogP contribution < -0.4 is 0 Å². The first-order valence-corrected chi connectivity index (χ1v) is 6.25. The van der Waals surface area contributed by atoms with E-state index in [9.17, 15) is 9.90 Å². The van der Waals surface area contributed by atoms with Crippen LogP contribution in [-0.4, -0.2) is 18.2 Å². The lowest BCUT2D eigenvalue weighted by atomic mass is 9.87. The van der Waals surface area contributed by atoms with Gasteiger partial charge in [0.05, 0.1) is 18.8 Å². The lowest BCUT2D eigenvalue weighted by molar-refractivity contribution is 0.0600. The highest BCUT2D eigenvalue weighted by Crippen LogP contribution is 2.30. The molecule has 0 saturated heterocycles. The van der Waals surface area contributed by atoms with E-state index in [0.717, 1.165) is 24.8 Å². The van der Waals surface area contributed by atoms with Gasteiger partial charge in [-0.05, 0) is 37.0 Å². The summed E-state index contributed by atoms with van der Waals surface area (Å²) in [6.07, 6.45) is 6.95. The van der Waals surface area contributed by atoms with Crippen LogP contribution in [0, 0.1) is 5.92 Å². The Labute approximate surface area is 107 Å². The second-order valence-corrected chi connectivity index (χ2v) is 4.58. The third-order valence-corrected chi connectivity index (χ3v) is 3.37. The molecule has 0 spiro atoms. The molecular formula is C15H18O3. The van der Waals surface area contributed by atoms with Crippen LogP contribution in [0.4, 0.5) is 0 Å². The first kappa shape index (κ1) is 12.8. The largest absolute Gasteiger partial charge is 0.465 e. The Morgan fingerprint density at radius 2 is 2.11 bits per heavy atom. The highest BCUT2D eigenvalue weighted by molar-refractivity contribution is 5.89. The molecule has 1 aromatic carbocycles. The molecular weight excluding hydrogens is 228 g/mol. The summed E-state index contributed by atoms with van der Waals surface area (Å²) >= 11 is 0. The van der Waals surface area contributed by atoms with Crippen LogP contribution in [0.2, 0.25) is 0 Å². The minimum absolute atomic E-state index is 0.183. The van der Waals surface area contributed by atoms with Crippen LogP contribution in [-0.2, 0) is 4.74 Å². The Balaban J connectivity index is 2.11. The molecule has 0 fully saturated rings. The molecule has 1 aliphatic rings. The third-order valence-electron chi connectivity index (χ3n) is 3.37. The molecule has 0 heterocycles. The Kier molecular flexibility index (Phi) is 4.15. The molecule has 0 amide bonds. The summed E-state index contributed by atoms with van der Waals surface area (Å²) in [4.78, 5) is 11.3. The zero-order valence-corrected chi connectivity index (χ0v) is 10.5. The van der Waals surface area contributed by atoms with E-state index in [2.05, 4.69) is 16.9 Å². The average Bonchev–Trinajstić information content (AvgIpc) is 2.47. The van der Waals surface area contributed by atoms with E-state index < -0.39 is 6.10 Å². The molecule has 2 atom stereocenters. The van der Waals surface area contributed by atoms with E-state index in [0.29, 0.717) is 5.56 Å². The number of benzene rings is 1. The van der Waals surface area contributed by atoms with E-state index in [1.807, 2.05) is 0 Å². The lowest BCUT2D eigenvalue weighted by Gasteiger charge is -2.22. The molecule has 1 N–H and O–H groups in total. The van der Waals surface area contributed by atoms with Crippen LogP contribution in [0.5, 0.6) is 0 Å². The SMILES string of the molecule is COC(=O)c1ccc([C@@H](O)[C@H]2C=CCCC2)cc1. The maximum atomic E-state index is 11.3. The van der Waals surface area contributed by atoms with Gasteiger partial charge >= 0.3 is 5.97 Å². The number of rotatable bonds is 3. The van der Waals surface area contributed by atoms with E-state index in [1.165, 1.54) is 7.11 Å². The predicted octanol–water partition coefficient (Wildman–Crippen LogP) is 2.86. The summed E-state index contributed by atoms with van der Waals surface area (Å²) in [5.74, 6) is -0.170. The van der Waals surface area contributed by atoms with Gasteiger partial charge in [-0.15, -0.1) is 0 Å². The monoisotopic (exact) mass is 246 g/mol. The van der Waals surface area contributed by atoms with Gasteiger partial charge in [0.15, 0.2) is 0 Å².